The fourth-order valence-electron chi connectivity index (χ4n) is 4.71. The van der Waals surface area contributed by atoms with Crippen molar-refractivity contribution in [3.63, 3.8) is 0 Å². The summed E-state index contributed by atoms with van der Waals surface area (Å²) in [5.74, 6) is -2.49. The minimum absolute atomic E-state index is 0.0539. The number of carbonyl (C=O) groups excluding carboxylic acids is 1. The molecule has 0 saturated heterocycles. The minimum Gasteiger partial charge on any atom is -0.434 e. The third kappa shape index (κ3) is 4.02. The van der Waals surface area contributed by atoms with Gasteiger partial charge in [0.1, 0.15) is 0 Å². The molecular weight excluding hydrogens is 508 g/mol. The summed E-state index contributed by atoms with van der Waals surface area (Å²) < 4.78 is 68.4. The van der Waals surface area contributed by atoms with Crippen molar-refractivity contribution >= 4 is 21.9 Å². The molecule has 0 bridgehead atoms. The molecule has 3 heterocycles. The summed E-state index contributed by atoms with van der Waals surface area (Å²) in [4.78, 5) is 18.3. The lowest BCUT2D eigenvalue weighted by atomic mass is 9.69. The number of ether oxygens (including phenoxy) is 2. The maximum absolute atomic E-state index is 15.4. The average molecular weight is 530 g/mol. The van der Waals surface area contributed by atoms with Crippen LogP contribution in [-0.4, -0.2) is 39.8 Å². The number of benzene rings is 1. The van der Waals surface area contributed by atoms with Crippen LogP contribution in [0.2, 0.25) is 0 Å². The van der Waals surface area contributed by atoms with Crippen molar-refractivity contribution in [2.24, 2.45) is 0 Å². The molecule has 3 aromatic rings. The summed E-state index contributed by atoms with van der Waals surface area (Å²) in [7, 11) is -3.73. The van der Waals surface area contributed by atoms with Gasteiger partial charge in [0.05, 0.1) is 17.3 Å². The summed E-state index contributed by atoms with van der Waals surface area (Å²) in [5.41, 5.74) is -0.398. The molecule has 2 aromatic heterocycles. The highest BCUT2D eigenvalue weighted by atomic mass is 32.2. The average Bonchev–Trinajstić information content (AvgIpc) is 3.70. The number of hydrogen-bond donors (Lipinski definition) is 1. The quantitative estimate of drug-likeness (QED) is 0.482. The van der Waals surface area contributed by atoms with Crippen molar-refractivity contribution in [3.05, 3.63) is 65.5 Å². The highest BCUT2D eigenvalue weighted by Gasteiger charge is 2.53. The number of fused-ring (bicyclic) bond motifs is 2. The van der Waals surface area contributed by atoms with E-state index in [2.05, 4.69) is 19.9 Å². The van der Waals surface area contributed by atoms with E-state index in [0.29, 0.717) is 31.2 Å². The number of pyridine rings is 1. The lowest BCUT2D eigenvalue weighted by Gasteiger charge is -2.52. The zero-order valence-electron chi connectivity index (χ0n) is 19.4. The molecule has 1 aromatic carbocycles. The predicted octanol–water partition coefficient (Wildman–Crippen LogP) is 4.24. The summed E-state index contributed by atoms with van der Waals surface area (Å²) >= 11 is 0. The van der Waals surface area contributed by atoms with Gasteiger partial charge in [-0.05, 0) is 56.4 Å². The molecule has 192 valence electrons. The molecule has 10 nitrogen and oxygen atoms in total. The number of hydrogen-bond acceptors (Lipinski definition) is 8. The Kier molecular flexibility index (Phi) is 5.48. The fourth-order valence-corrected chi connectivity index (χ4v) is 6.05. The van der Waals surface area contributed by atoms with Gasteiger partial charge in [-0.25, -0.2) is 22.6 Å². The summed E-state index contributed by atoms with van der Waals surface area (Å²) in [6, 6.07) is 7.52. The van der Waals surface area contributed by atoms with E-state index in [1.165, 1.54) is 35.5 Å². The number of aromatic nitrogens is 3. The van der Waals surface area contributed by atoms with Gasteiger partial charge >= 0.3 is 6.09 Å². The lowest BCUT2D eigenvalue weighted by Crippen LogP contribution is -2.57. The molecule has 2 fully saturated rings. The van der Waals surface area contributed by atoms with Crippen molar-refractivity contribution < 1.29 is 31.5 Å². The van der Waals surface area contributed by atoms with Crippen LogP contribution in [-0.2, 0) is 22.1 Å². The van der Waals surface area contributed by atoms with Crippen LogP contribution in [0.15, 0.2) is 42.7 Å². The van der Waals surface area contributed by atoms with E-state index < -0.39 is 44.4 Å². The van der Waals surface area contributed by atoms with Gasteiger partial charge in [0, 0.05) is 29.6 Å². The van der Waals surface area contributed by atoms with E-state index in [1.54, 1.807) is 12.1 Å². The van der Waals surface area contributed by atoms with E-state index >= 15 is 8.78 Å². The highest BCUT2D eigenvalue weighted by Crippen LogP contribution is 2.54. The van der Waals surface area contributed by atoms with Gasteiger partial charge in [-0.2, -0.15) is 9.49 Å². The van der Waals surface area contributed by atoms with Crippen LogP contribution in [0.4, 0.5) is 19.4 Å². The molecule has 0 unspecified atom stereocenters. The second-order valence-electron chi connectivity index (χ2n) is 9.24. The van der Waals surface area contributed by atoms with Gasteiger partial charge in [-0.3, -0.25) is 9.62 Å². The van der Waals surface area contributed by atoms with E-state index in [9.17, 15) is 13.2 Å². The molecule has 1 amide bonds. The Morgan fingerprint density at radius 2 is 1.95 bits per heavy atom. The molecule has 6 rings (SSSR count). The number of rotatable bonds is 7. The first-order chi connectivity index (χ1) is 17.8. The molecule has 1 spiro atoms. The van der Waals surface area contributed by atoms with Crippen molar-refractivity contribution in [1.29, 1.82) is 0 Å². The molecule has 1 N–H and O–H groups in total. The molecule has 3 aliphatic rings. The van der Waals surface area contributed by atoms with Crippen LogP contribution < -0.4 is 14.2 Å². The Bertz CT molecular complexity index is 1500. The number of sulfonamides is 1. The Morgan fingerprint density at radius 3 is 2.62 bits per heavy atom. The van der Waals surface area contributed by atoms with Crippen LogP contribution in [0.25, 0.3) is 0 Å². The smallest absolute Gasteiger partial charge is 0.416 e. The molecule has 2 saturated carbocycles. The zero-order chi connectivity index (χ0) is 25.8. The lowest BCUT2D eigenvalue weighted by molar-refractivity contribution is -0.000311. The molecule has 0 atom stereocenters. The topological polar surface area (TPSA) is 124 Å². The van der Waals surface area contributed by atoms with Crippen molar-refractivity contribution in [2.45, 2.75) is 49.4 Å². The first-order valence-electron chi connectivity index (χ1n) is 11.7. The first-order valence-corrected chi connectivity index (χ1v) is 13.3. The van der Waals surface area contributed by atoms with Gasteiger partial charge in [0.25, 0.3) is 0 Å². The highest BCUT2D eigenvalue weighted by molar-refractivity contribution is 7.93. The molecule has 37 heavy (non-hydrogen) atoms. The van der Waals surface area contributed by atoms with E-state index in [0.717, 1.165) is 6.42 Å². The van der Waals surface area contributed by atoms with Crippen LogP contribution in [0.3, 0.4) is 0 Å². The zero-order valence-corrected chi connectivity index (χ0v) is 20.2. The Balaban J connectivity index is 1.31. The second kappa shape index (κ2) is 8.61. The Hall–Kier alpha value is -3.87. The van der Waals surface area contributed by atoms with Gasteiger partial charge in [-0.1, -0.05) is 0 Å². The van der Waals surface area contributed by atoms with E-state index in [1.807, 2.05) is 0 Å². The van der Waals surface area contributed by atoms with E-state index in [4.69, 9.17) is 9.47 Å². The SMILES string of the molecule is O=C1Oc2c(ccc(Oc3cccnn3)c2F)C2(CCC2)N1Cc1ccnc(NS(=O)(=O)C2CC2)c1F. The van der Waals surface area contributed by atoms with Crippen molar-refractivity contribution in [1.82, 2.24) is 20.1 Å². The van der Waals surface area contributed by atoms with Crippen molar-refractivity contribution in [3.8, 4) is 17.4 Å². The third-order valence-corrected chi connectivity index (χ3v) is 8.76. The van der Waals surface area contributed by atoms with Gasteiger partial charge in [0.2, 0.25) is 21.7 Å². The van der Waals surface area contributed by atoms with Crippen LogP contribution in [0.5, 0.6) is 17.4 Å². The number of amides is 1. The molecule has 2 aliphatic carbocycles. The van der Waals surface area contributed by atoms with Crippen LogP contribution >= 0.6 is 0 Å². The minimum atomic E-state index is -3.73. The Morgan fingerprint density at radius 1 is 1.14 bits per heavy atom. The molecule has 13 heteroatoms. The van der Waals surface area contributed by atoms with Gasteiger partial charge < -0.3 is 9.47 Å². The largest absolute Gasteiger partial charge is 0.434 e. The number of anilines is 1. The number of nitrogens with one attached hydrogen (secondary N) is 1. The molecule has 0 radical (unpaired) electrons. The third-order valence-electron chi connectivity index (χ3n) is 6.93. The standard InChI is InChI=1S/C24H21F2N5O5S/c25-19-14(8-12-27-22(19)30-37(33,34)15-4-5-15)13-31-23(32)36-21-16(24(31)9-2-10-24)6-7-17(20(21)26)35-18-3-1-11-28-29-18/h1,3,6-8,11-12,15H,2,4-5,9-10,13H2,(H,27,30). The second-order valence-corrected chi connectivity index (χ2v) is 11.2. The predicted molar refractivity (Wildman–Crippen MR) is 125 cm³/mol. The number of halogens is 2. The van der Waals surface area contributed by atoms with Crippen LogP contribution in [0.1, 0.15) is 43.2 Å². The Labute approximate surface area is 210 Å². The fraction of sp³-hybridized carbons (Fsp3) is 0.333. The summed E-state index contributed by atoms with van der Waals surface area (Å²) in [5, 5.41) is 6.90. The van der Waals surface area contributed by atoms with Crippen LogP contribution in [0, 0.1) is 11.6 Å². The molecular formula is C24H21F2N5O5S. The normalized spacial score (nSPS) is 18.1. The van der Waals surface area contributed by atoms with E-state index in [-0.39, 0.29) is 29.5 Å². The maximum Gasteiger partial charge on any atom is 0.416 e. The maximum atomic E-state index is 15.4. The summed E-state index contributed by atoms with van der Waals surface area (Å²) in [6.45, 7) is -0.218. The van der Waals surface area contributed by atoms with Gasteiger partial charge in [-0.15, -0.1) is 5.10 Å². The first kappa shape index (κ1) is 23.5. The number of carbonyl (C=O) groups is 1. The summed E-state index contributed by atoms with van der Waals surface area (Å²) in [6.07, 6.45) is 4.71. The van der Waals surface area contributed by atoms with Crippen molar-refractivity contribution in [2.75, 3.05) is 4.72 Å². The number of nitrogens with zero attached hydrogens (tertiary/aromatic N) is 4. The molecule has 1 aliphatic heterocycles. The van der Waals surface area contributed by atoms with Gasteiger partial charge in [0.15, 0.2) is 23.1 Å². The monoisotopic (exact) mass is 529 g/mol.